The topological polar surface area (TPSA) is 106 Å². The molecular formula is C25H33N3O5. The van der Waals surface area contributed by atoms with E-state index in [1.807, 2.05) is 43.3 Å². The highest BCUT2D eigenvalue weighted by atomic mass is 16.6. The van der Waals surface area contributed by atoms with Gasteiger partial charge in [0.15, 0.2) is 0 Å². The Bertz CT molecular complexity index is 936. The lowest BCUT2D eigenvalue weighted by Gasteiger charge is -2.19. The number of nitrogens with one attached hydrogen (secondary N) is 3. The minimum Gasteiger partial charge on any atom is -0.493 e. The number of hydrogen-bond acceptors (Lipinski definition) is 5. The molecule has 0 heterocycles. The first-order valence-electron chi connectivity index (χ1n) is 10.9. The minimum absolute atomic E-state index is 0.0855. The zero-order valence-electron chi connectivity index (χ0n) is 19.7. The van der Waals surface area contributed by atoms with Crippen LogP contribution in [0.1, 0.15) is 44.7 Å². The Morgan fingerprint density at radius 3 is 2.27 bits per heavy atom. The summed E-state index contributed by atoms with van der Waals surface area (Å²) < 4.78 is 10.8. The highest BCUT2D eigenvalue weighted by Crippen LogP contribution is 2.16. The number of hydrogen-bond donors (Lipinski definition) is 3. The molecule has 2 aromatic carbocycles. The lowest BCUT2D eigenvalue weighted by atomic mass is 10.2. The molecule has 8 heteroatoms. The standard InChI is InChI=1S/C25H33N3O5/c1-18-8-5-6-9-21(18)32-15-7-10-22(29)28-20-13-11-19(12-14-20)16-26-23(30)17-27-24(31)33-25(2,3)4/h5-6,8-9,11-14H,7,10,15-17H2,1-4H3,(H,26,30)(H,27,31)(H,28,29). The molecular weight excluding hydrogens is 422 g/mol. The lowest BCUT2D eigenvalue weighted by Crippen LogP contribution is -2.39. The van der Waals surface area contributed by atoms with Gasteiger partial charge in [-0.2, -0.15) is 0 Å². The molecule has 8 nitrogen and oxygen atoms in total. The van der Waals surface area contributed by atoms with Gasteiger partial charge < -0.3 is 25.4 Å². The number of aryl methyl sites for hydroxylation is 1. The van der Waals surface area contributed by atoms with Crippen LogP contribution in [0.5, 0.6) is 5.75 Å². The summed E-state index contributed by atoms with van der Waals surface area (Å²) in [6, 6.07) is 15.0. The minimum atomic E-state index is -0.639. The van der Waals surface area contributed by atoms with Crippen molar-refractivity contribution in [1.29, 1.82) is 0 Å². The summed E-state index contributed by atoms with van der Waals surface area (Å²) in [5.74, 6) is 0.421. The lowest BCUT2D eigenvalue weighted by molar-refractivity contribution is -0.120. The number of benzene rings is 2. The highest BCUT2D eigenvalue weighted by Gasteiger charge is 2.16. The summed E-state index contributed by atoms with van der Waals surface area (Å²) in [6.07, 6.45) is 0.329. The van der Waals surface area contributed by atoms with Crippen LogP contribution in [0.25, 0.3) is 0 Å². The molecule has 2 rings (SSSR count). The molecule has 3 amide bonds. The van der Waals surface area contributed by atoms with E-state index in [1.165, 1.54) is 0 Å². The molecule has 0 aliphatic heterocycles. The van der Waals surface area contributed by atoms with Crippen molar-refractivity contribution in [3.05, 3.63) is 59.7 Å². The van der Waals surface area contributed by atoms with Crippen LogP contribution in [0, 0.1) is 6.92 Å². The number of rotatable bonds is 10. The first-order chi connectivity index (χ1) is 15.6. The van der Waals surface area contributed by atoms with Gasteiger partial charge in [0.05, 0.1) is 6.61 Å². The second-order valence-electron chi connectivity index (χ2n) is 8.59. The molecule has 0 aliphatic rings. The average Bonchev–Trinajstić information content (AvgIpc) is 2.75. The quantitative estimate of drug-likeness (QED) is 0.471. The normalized spacial score (nSPS) is 10.8. The summed E-state index contributed by atoms with van der Waals surface area (Å²) in [6.45, 7) is 7.84. The van der Waals surface area contributed by atoms with E-state index in [0.717, 1.165) is 16.9 Å². The molecule has 0 bridgehead atoms. The smallest absolute Gasteiger partial charge is 0.408 e. The van der Waals surface area contributed by atoms with Crippen LogP contribution in [0.15, 0.2) is 48.5 Å². The maximum absolute atomic E-state index is 12.1. The SMILES string of the molecule is Cc1ccccc1OCCCC(=O)Nc1ccc(CNC(=O)CNC(=O)OC(C)(C)C)cc1. The van der Waals surface area contributed by atoms with Crippen molar-refractivity contribution in [2.45, 2.75) is 52.7 Å². The fraction of sp³-hybridized carbons (Fsp3) is 0.400. The zero-order valence-corrected chi connectivity index (χ0v) is 19.7. The second kappa shape index (κ2) is 12.5. The third-order valence-electron chi connectivity index (χ3n) is 4.42. The van der Waals surface area contributed by atoms with Crippen LogP contribution in [0.3, 0.4) is 0 Å². The third-order valence-corrected chi connectivity index (χ3v) is 4.42. The van der Waals surface area contributed by atoms with Crippen LogP contribution in [0.4, 0.5) is 10.5 Å². The molecule has 33 heavy (non-hydrogen) atoms. The van der Waals surface area contributed by atoms with Gasteiger partial charge >= 0.3 is 6.09 Å². The number of alkyl carbamates (subject to hydrolysis) is 1. The van der Waals surface area contributed by atoms with Crippen molar-refractivity contribution in [3.8, 4) is 5.75 Å². The van der Waals surface area contributed by atoms with E-state index in [1.54, 1.807) is 32.9 Å². The monoisotopic (exact) mass is 455 g/mol. The molecule has 0 spiro atoms. The molecule has 0 aromatic heterocycles. The molecule has 178 valence electrons. The van der Waals surface area contributed by atoms with Gasteiger partial charge in [-0.1, -0.05) is 30.3 Å². The van der Waals surface area contributed by atoms with Gasteiger partial charge in [-0.05, 0) is 63.4 Å². The predicted octanol–water partition coefficient (Wildman–Crippen LogP) is 3.93. The van der Waals surface area contributed by atoms with Crippen LogP contribution >= 0.6 is 0 Å². The Hall–Kier alpha value is -3.55. The van der Waals surface area contributed by atoms with Gasteiger partial charge in [0, 0.05) is 18.7 Å². The van der Waals surface area contributed by atoms with E-state index < -0.39 is 11.7 Å². The molecule has 3 N–H and O–H groups in total. The highest BCUT2D eigenvalue weighted by molar-refractivity contribution is 5.90. The maximum atomic E-state index is 12.1. The van der Waals surface area contributed by atoms with E-state index in [2.05, 4.69) is 16.0 Å². The predicted molar refractivity (Wildman–Crippen MR) is 127 cm³/mol. The fourth-order valence-corrected chi connectivity index (χ4v) is 2.79. The molecule has 0 aliphatic carbocycles. The van der Waals surface area contributed by atoms with Crippen molar-refractivity contribution in [1.82, 2.24) is 10.6 Å². The summed E-state index contributed by atoms with van der Waals surface area (Å²) in [5, 5.41) is 7.98. The van der Waals surface area contributed by atoms with Crippen molar-refractivity contribution in [3.63, 3.8) is 0 Å². The van der Waals surface area contributed by atoms with Crippen LogP contribution in [-0.4, -0.2) is 36.7 Å². The molecule has 0 fully saturated rings. The van der Waals surface area contributed by atoms with Gasteiger partial charge in [0.25, 0.3) is 0 Å². The second-order valence-corrected chi connectivity index (χ2v) is 8.59. The number of amides is 3. The number of ether oxygens (including phenoxy) is 2. The number of para-hydroxylation sites is 1. The van der Waals surface area contributed by atoms with E-state index in [0.29, 0.717) is 31.7 Å². The zero-order chi connectivity index (χ0) is 24.3. The summed E-state index contributed by atoms with van der Waals surface area (Å²) in [7, 11) is 0. The van der Waals surface area contributed by atoms with Gasteiger partial charge in [-0.25, -0.2) is 4.79 Å². The first-order valence-corrected chi connectivity index (χ1v) is 10.9. The van der Waals surface area contributed by atoms with Gasteiger partial charge in [0.1, 0.15) is 17.9 Å². The van der Waals surface area contributed by atoms with Crippen LogP contribution < -0.4 is 20.7 Å². The Morgan fingerprint density at radius 1 is 0.909 bits per heavy atom. The average molecular weight is 456 g/mol. The molecule has 0 saturated heterocycles. The third kappa shape index (κ3) is 10.5. The summed E-state index contributed by atoms with van der Waals surface area (Å²) in [4.78, 5) is 35.6. The van der Waals surface area contributed by atoms with Gasteiger partial charge in [-0.15, -0.1) is 0 Å². The van der Waals surface area contributed by atoms with Crippen molar-refractivity contribution >= 4 is 23.6 Å². The Labute approximate surface area is 195 Å². The number of anilines is 1. The molecule has 0 radical (unpaired) electrons. The van der Waals surface area contributed by atoms with E-state index in [-0.39, 0.29) is 18.4 Å². The largest absolute Gasteiger partial charge is 0.493 e. The maximum Gasteiger partial charge on any atom is 0.408 e. The van der Waals surface area contributed by atoms with Gasteiger partial charge in [0.2, 0.25) is 11.8 Å². The Balaban J connectivity index is 1.64. The Morgan fingerprint density at radius 2 is 1.61 bits per heavy atom. The Kier molecular flexibility index (Phi) is 9.72. The van der Waals surface area contributed by atoms with Crippen molar-refractivity contribution in [2.24, 2.45) is 0 Å². The number of carbonyl (C=O) groups is 3. The van der Waals surface area contributed by atoms with Crippen molar-refractivity contribution in [2.75, 3.05) is 18.5 Å². The first kappa shape index (κ1) is 25.7. The van der Waals surface area contributed by atoms with E-state index in [4.69, 9.17) is 9.47 Å². The summed E-state index contributed by atoms with van der Waals surface area (Å²) in [5.41, 5.74) is 2.00. The van der Waals surface area contributed by atoms with E-state index >= 15 is 0 Å². The van der Waals surface area contributed by atoms with Crippen molar-refractivity contribution < 1.29 is 23.9 Å². The molecule has 2 aromatic rings. The summed E-state index contributed by atoms with van der Waals surface area (Å²) >= 11 is 0. The molecule has 0 atom stereocenters. The number of carbonyl (C=O) groups excluding carboxylic acids is 3. The molecule has 0 saturated carbocycles. The van der Waals surface area contributed by atoms with Crippen LogP contribution in [0.2, 0.25) is 0 Å². The van der Waals surface area contributed by atoms with Gasteiger partial charge in [-0.3, -0.25) is 9.59 Å². The van der Waals surface area contributed by atoms with E-state index in [9.17, 15) is 14.4 Å². The molecule has 0 unspecified atom stereocenters. The fourth-order valence-electron chi connectivity index (χ4n) is 2.79. The van der Waals surface area contributed by atoms with Crippen LogP contribution in [-0.2, 0) is 20.9 Å².